The number of nitrogens with one attached hydrogen (secondary N) is 1. The highest BCUT2D eigenvalue weighted by Crippen LogP contribution is 2.17. The molecule has 1 aromatic heterocycles. The SMILES string of the molecule is CCC(CO)NC(=O)c1cnc(Cc2ccc(F)cc2)s1. The van der Waals surface area contributed by atoms with Gasteiger partial charge in [0.2, 0.25) is 0 Å². The molecule has 2 N–H and O–H groups in total. The van der Waals surface area contributed by atoms with Crippen molar-refractivity contribution in [3.63, 3.8) is 0 Å². The Bertz CT molecular complexity index is 594. The highest BCUT2D eigenvalue weighted by Gasteiger charge is 2.14. The highest BCUT2D eigenvalue weighted by molar-refractivity contribution is 7.13. The Morgan fingerprint density at radius 2 is 2.14 bits per heavy atom. The van der Waals surface area contributed by atoms with E-state index in [2.05, 4.69) is 10.3 Å². The van der Waals surface area contributed by atoms with Gasteiger partial charge in [0.15, 0.2) is 0 Å². The molecule has 1 amide bonds. The van der Waals surface area contributed by atoms with Gasteiger partial charge in [-0.15, -0.1) is 11.3 Å². The summed E-state index contributed by atoms with van der Waals surface area (Å²) in [4.78, 5) is 16.7. The quantitative estimate of drug-likeness (QED) is 0.861. The molecule has 0 radical (unpaired) electrons. The van der Waals surface area contributed by atoms with E-state index in [1.165, 1.54) is 29.7 Å². The number of hydrogen-bond donors (Lipinski definition) is 2. The van der Waals surface area contributed by atoms with E-state index in [0.717, 1.165) is 10.6 Å². The van der Waals surface area contributed by atoms with E-state index < -0.39 is 0 Å². The second-order valence-electron chi connectivity index (χ2n) is 4.68. The molecule has 0 saturated heterocycles. The first-order valence-electron chi connectivity index (χ1n) is 6.73. The van der Waals surface area contributed by atoms with E-state index >= 15 is 0 Å². The monoisotopic (exact) mass is 308 g/mol. The molecule has 2 rings (SSSR count). The zero-order valence-electron chi connectivity index (χ0n) is 11.7. The Hall–Kier alpha value is -1.79. The average Bonchev–Trinajstić information content (AvgIpc) is 2.95. The summed E-state index contributed by atoms with van der Waals surface area (Å²) in [6.07, 6.45) is 2.77. The second-order valence-corrected chi connectivity index (χ2v) is 5.80. The van der Waals surface area contributed by atoms with Crippen molar-refractivity contribution in [2.24, 2.45) is 0 Å². The Morgan fingerprint density at radius 1 is 1.43 bits per heavy atom. The molecule has 112 valence electrons. The molecule has 0 aliphatic rings. The maximum atomic E-state index is 12.8. The number of amides is 1. The van der Waals surface area contributed by atoms with Crippen LogP contribution in [0.3, 0.4) is 0 Å². The first kappa shape index (κ1) is 15.6. The topological polar surface area (TPSA) is 62.2 Å². The number of carbonyl (C=O) groups excluding carboxylic acids is 1. The largest absolute Gasteiger partial charge is 0.394 e. The number of nitrogens with zero attached hydrogens (tertiary/aromatic N) is 1. The highest BCUT2D eigenvalue weighted by atomic mass is 32.1. The molecule has 0 bridgehead atoms. The standard InChI is InChI=1S/C15H17FN2O2S/c1-2-12(9-19)18-15(20)13-8-17-14(21-13)7-10-3-5-11(16)6-4-10/h3-6,8,12,19H,2,7,9H2,1H3,(H,18,20). The van der Waals surface area contributed by atoms with Crippen molar-refractivity contribution in [1.29, 1.82) is 0 Å². The zero-order valence-corrected chi connectivity index (χ0v) is 12.5. The molecule has 0 spiro atoms. The minimum absolute atomic E-state index is 0.0799. The molecule has 2 aromatic rings. The van der Waals surface area contributed by atoms with Crippen LogP contribution >= 0.6 is 11.3 Å². The van der Waals surface area contributed by atoms with Crippen LogP contribution in [0.25, 0.3) is 0 Å². The van der Waals surface area contributed by atoms with Gasteiger partial charge in [0.25, 0.3) is 5.91 Å². The normalized spacial score (nSPS) is 12.1. The third kappa shape index (κ3) is 4.34. The van der Waals surface area contributed by atoms with E-state index in [4.69, 9.17) is 5.11 Å². The van der Waals surface area contributed by atoms with Crippen LogP contribution in [0.2, 0.25) is 0 Å². The summed E-state index contributed by atoms with van der Waals surface area (Å²) in [5.74, 6) is -0.494. The van der Waals surface area contributed by atoms with Crippen LogP contribution in [0.4, 0.5) is 4.39 Å². The van der Waals surface area contributed by atoms with Crippen LogP contribution in [0, 0.1) is 5.82 Å². The molecule has 0 fully saturated rings. The van der Waals surface area contributed by atoms with E-state index in [1.54, 1.807) is 12.1 Å². The third-order valence-corrected chi connectivity index (χ3v) is 4.09. The van der Waals surface area contributed by atoms with E-state index in [1.807, 2.05) is 6.92 Å². The lowest BCUT2D eigenvalue weighted by Gasteiger charge is -2.12. The molecule has 1 aromatic carbocycles. The van der Waals surface area contributed by atoms with Gasteiger partial charge in [0.1, 0.15) is 10.7 Å². The molecule has 21 heavy (non-hydrogen) atoms. The predicted molar refractivity (Wildman–Crippen MR) is 80.0 cm³/mol. The van der Waals surface area contributed by atoms with Crippen LogP contribution in [-0.4, -0.2) is 28.6 Å². The van der Waals surface area contributed by atoms with Crippen LogP contribution < -0.4 is 5.32 Å². The molecule has 6 heteroatoms. The van der Waals surface area contributed by atoms with Crippen molar-refractivity contribution < 1.29 is 14.3 Å². The van der Waals surface area contributed by atoms with Gasteiger partial charge >= 0.3 is 0 Å². The van der Waals surface area contributed by atoms with Crippen LogP contribution in [0.5, 0.6) is 0 Å². The van der Waals surface area contributed by atoms with Gasteiger partial charge in [-0.25, -0.2) is 9.37 Å². The zero-order chi connectivity index (χ0) is 15.2. The summed E-state index contributed by atoms with van der Waals surface area (Å²) in [6.45, 7) is 1.82. The van der Waals surface area contributed by atoms with Gasteiger partial charge in [0.05, 0.1) is 23.9 Å². The number of benzene rings is 1. The van der Waals surface area contributed by atoms with Crippen LogP contribution in [-0.2, 0) is 6.42 Å². The lowest BCUT2D eigenvalue weighted by Crippen LogP contribution is -2.36. The van der Waals surface area contributed by atoms with Gasteiger partial charge in [0, 0.05) is 6.42 Å². The second kappa shape index (κ2) is 7.28. The van der Waals surface area contributed by atoms with Crippen molar-refractivity contribution in [3.8, 4) is 0 Å². The number of hydrogen-bond acceptors (Lipinski definition) is 4. The van der Waals surface area contributed by atoms with E-state index in [9.17, 15) is 9.18 Å². The minimum atomic E-state index is -0.271. The molecular formula is C15H17FN2O2S. The fraction of sp³-hybridized carbons (Fsp3) is 0.333. The fourth-order valence-electron chi connectivity index (χ4n) is 1.81. The molecule has 0 saturated carbocycles. The van der Waals surface area contributed by atoms with Gasteiger partial charge in [-0.1, -0.05) is 19.1 Å². The van der Waals surface area contributed by atoms with Crippen molar-refractivity contribution in [1.82, 2.24) is 10.3 Å². The predicted octanol–water partition coefficient (Wildman–Crippen LogP) is 2.37. The smallest absolute Gasteiger partial charge is 0.263 e. The maximum Gasteiger partial charge on any atom is 0.263 e. The van der Waals surface area contributed by atoms with Crippen molar-refractivity contribution in [2.75, 3.05) is 6.61 Å². The molecule has 0 aliphatic carbocycles. The minimum Gasteiger partial charge on any atom is -0.394 e. The van der Waals surface area contributed by atoms with E-state index in [-0.39, 0.29) is 24.4 Å². The third-order valence-electron chi connectivity index (χ3n) is 3.09. The summed E-state index contributed by atoms with van der Waals surface area (Å²) in [5.41, 5.74) is 0.944. The summed E-state index contributed by atoms with van der Waals surface area (Å²) >= 11 is 1.30. The molecule has 1 heterocycles. The number of aliphatic hydroxyl groups is 1. The summed E-state index contributed by atoms with van der Waals surface area (Å²) in [7, 11) is 0. The van der Waals surface area contributed by atoms with Crippen molar-refractivity contribution >= 4 is 17.2 Å². The average molecular weight is 308 g/mol. The number of aromatic nitrogens is 1. The number of thiazole rings is 1. The first-order valence-corrected chi connectivity index (χ1v) is 7.55. The van der Waals surface area contributed by atoms with Gasteiger partial charge < -0.3 is 10.4 Å². The lowest BCUT2D eigenvalue weighted by atomic mass is 10.2. The summed E-state index contributed by atoms with van der Waals surface area (Å²) in [5, 5.41) is 12.6. The van der Waals surface area contributed by atoms with Gasteiger partial charge in [-0.05, 0) is 24.1 Å². The number of carbonyl (C=O) groups is 1. The van der Waals surface area contributed by atoms with Crippen LogP contribution in [0.1, 0.15) is 33.6 Å². The Balaban J connectivity index is 2.00. The van der Waals surface area contributed by atoms with E-state index in [0.29, 0.717) is 17.7 Å². The van der Waals surface area contributed by atoms with Gasteiger partial charge in [-0.3, -0.25) is 4.79 Å². The Morgan fingerprint density at radius 3 is 2.76 bits per heavy atom. The van der Waals surface area contributed by atoms with Crippen molar-refractivity contribution in [2.45, 2.75) is 25.8 Å². The first-order chi connectivity index (χ1) is 10.1. The number of aliphatic hydroxyl groups excluding tert-OH is 1. The Kier molecular flexibility index (Phi) is 5.41. The fourth-order valence-corrected chi connectivity index (χ4v) is 2.66. The van der Waals surface area contributed by atoms with Crippen LogP contribution in [0.15, 0.2) is 30.5 Å². The molecular weight excluding hydrogens is 291 g/mol. The van der Waals surface area contributed by atoms with Gasteiger partial charge in [-0.2, -0.15) is 0 Å². The maximum absolute atomic E-state index is 12.8. The molecule has 0 aliphatic heterocycles. The molecule has 1 unspecified atom stereocenters. The molecule has 1 atom stereocenters. The number of rotatable bonds is 6. The van der Waals surface area contributed by atoms with Crippen molar-refractivity contribution in [3.05, 3.63) is 51.7 Å². The summed E-state index contributed by atoms with van der Waals surface area (Å²) < 4.78 is 12.8. The summed E-state index contributed by atoms with van der Waals surface area (Å²) in [6, 6.07) is 5.98. The number of halogens is 1. The lowest BCUT2D eigenvalue weighted by molar-refractivity contribution is 0.0919. The Labute approximate surface area is 126 Å². The molecule has 4 nitrogen and oxygen atoms in total.